The number of rotatable bonds is 2. The highest BCUT2D eigenvalue weighted by molar-refractivity contribution is 6.30. The van der Waals surface area contributed by atoms with Crippen molar-refractivity contribution in [3.8, 4) is 0 Å². The van der Waals surface area contributed by atoms with Gasteiger partial charge in [-0.1, -0.05) is 30.3 Å². The van der Waals surface area contributed by atoms with Crippen molar-refractivity contribution in [2.75, 3.05) is 7.11 Å². The molecule has 3 nitrogen and oxygen atoms in total. The Morgan fingerprint density at radius 2 is 2.12 bits per heavy atom. The number of hydrogen-bond acceptors (Lipinski definition) is 2. The predicted octanol–water partition coefficient (Wildman–Crippen LogP) is 2.52. The van der Waals surface area contributed by atoms with Crippen LogP contribution in [-0.2, 0) is 15.0 Å². The van der Waals surface area contributed by atoms with Crippen molar-refractivity contribution in [3.05, 3.63) is 47.1 Å². The number of nitrogens with zero attached hydrogens (tertiary/aromatic N) is 1. The van der Waals surface area contributed by atoms with Crippen LogP contribution in [0.1, 0.15) is 12.0 Å². The number of carbonyl (C=O) groups excluding carboxylic acids is 1. The fourth-order valence-corrected chi connectivity index (χ4v) is 2.87. The maximum absolute atomic E-state index is 12.3. The Labute approximate surface area is 105 Å². The molecule has 0 N–H and O–H groups in total. The Morgan fingerprint density at radius 3 is 2.65 bits per heavy atom. The minimum absolute atomic E-state index is 0.0164. The summed E-state index contributed by atoms with van der Waals surface area (Å²) in [6.45, 7) is 3.92. The van der Waals surface area contributed by atoms with E-state index in [0.29, 0.717) is 5.02 Å². The molecule has 1 aromatic carbocycles. The van der Waals surface area contributed by atoms with Crippen LogP contribution < -0.4 is 0 Å². The average Bonchev–Trinajstić information content (AvgIpc) is 3.02. The van der Waals surface area contributed by atoms with Crippen LogP contribution in [0.4, 0.5) is 0 Å². The largest absolute Gasteiger partial charge is 0.271 e. The van der Waals surface area contributed by atoms with Gasteiger partial charge in [0.25, 0.3) is 5.91 Å². The number of benzene rings is 1. The van der Waals surface area contributed by atoms with E-state index in [-0.39, 0.29) is 11.8 Å². The third-order valence-corrected chi connectivity index (χ3v) is 3.98. The highest BCUT2D eigenvalue weighted by atomic mass is 35.5. The van der Waals surface area contributed by atoms with E-state index in [0.717, 1.165) is 17.7 Å². The van der Waals surface area contributed by atoms with E-state index >= 15 is 0 Å². The van der Waals surface area contributed by atoms with E-state index in [2.05, 4.69) is 6.58 Å². The van der Waals surface area contributed by atoms with Crippen LogP contribution in [0.3, 0.4) is 0 Å². The molecule has 2 aliphatic rings. The SMILES string of the molecule is C=C1C2CC2(c2ccc(Cl)cc2)C(=O)N1OC. The lowest BCUT2D eigenvalue weighted by Gasteiger charge is -2.18. The second-order valence-corrected chi connectivity index (χ2v) is 4.94. The summed E-state index contributed by atoms with van der Waals surface area (Å²) in [4.78, 5) is 17.4. The molecule has 1 aliphatic heterocycles. The molecule has 3 rings (SSSR count). The first-order chi connectivity index (χ1) is 8.11. The first kappa shape index (κ1) is 10.8. The first-order valence-corrected chi connectivity index (χ1v) is 5.82. The van der Waals surface area contributed by atoms with Gasteiger partial charge in [0.15, 0.2) is 0 Å². The highest BCUT2D eigenvalue weighted by Gasteiger charge is 2.70. The molecule has 1 aliphatic carbocycles. The zero-order valence-corrected chi connectivity index (χ0v) is 10.2. The van der Waals surface area contributed by atoms with Crippen LogP contribution >= 0.6 is 11.6 Å². The smallest absolute Gasteiger partial charge is 0.261 e. The molecule has 88 valence electrons. The number of hydrogen-bond donors (Lipinski definition) is 0. The van der Waals surface area contributed by atoms with E-state index < -0.39 is 5.41 Å². The van der Waals surface area contributed by atoms with Gasteiger partial charge in [0, 0.05) is 16.6 Å². The summed E-state index contributed by atoms with van der Waals surface area (Å²) in [5, 5.41) is 1.98. The van der Waals surface area contributed by atoms with Gasteiger partial charge in [0.2, 0.25) is 0 Å². The van der Waals surface area contributed by atoms with E-state index in [9.17, 15) is 4.79 Å². The number of fused-ring (bicyclic) bond motifs is 1. The van der Waals surface area contributed by atoms with E-state index in [4.69, 9.17) is 16.4 Å². The number of carbonyl (C=O) groups is 1. The summed E-state index contributed by atoms with van der Waals surface area (Å²) in [6, 6.07) is 7.44. The standard InChI is InChI=1S/C13H12ClNO2/c1-8-11-7-13(11,12(16)15(8)17-2)9-3-5-10(14)6-4-9/h3-6,11H,1,7H2,2H3. The third kappa shape index (κ3) is 1.24. The number of halogens is 1. The van der Waals surface area contributed by atoms with Gasteiger partial charge >= 0.3 is 0 Å². The molecule has 0 radical (unpaired) electrons. The van der Waals surface area contributed by atoms with E-state index in [1.54, 1.807) is 0 Å². The van der Waals surface area contributed by atoms with Gasteiger partial charge in [-0.3, -0.25) is 9.63 Å². The van der Waals surface area contributed by atoms with Gasteiger partial charge in [-0.2, -0.15) is 5.06 Å². The molecule has 4 heteroatoms. The van der Waals surface area contributed by atoms with Crippen LogP contribution in [0.5, 0.6) is 0 Å². The fourth-order valence-electron chi connectivity index (χ4n) is 2.74. The van der Waals surface area contributed by atoms with Crippen molar-refractivity contribution in [1.82, 2.24) is 5.06 Å². The maximum Gasteiger partial charge on any atom is 0.261 e. The lowest BCUT2D eigenvalue weighted by atomic mass is 9.94. The summed E-state index contributed by atoms with van der Waals surface area (Å²) in [5.74, 6) is 0.161. The lowest BCUT2D eigenvalue weighted by Crippen LogP contribution is -2.31. The number of piperidine rings is 1. The van der Waals surface area contributed by atoms with Crippen LogP contribution in [0.2, 0.25) is 5.02 Å². The first-order valence-electron chi connectivity index (χ1n) is 5.45. The molecular formula is C13H12ClNO2. The number of hydroxylamine groups is 2. The quantitative estimate of drug-likeness (QED) is 0.806. The molecule has 17 heavy (non-hydrogen) atoms. The second kappa shape index (κ2) is 3.34. The molecule has 0 aromatic heterocycles. The van der Waals surface area contributed by atoms with Crippen LogP contribution in [0.25, 0.3) is 0 Å². The Balaban J connectivity index is 2.03. The average molecular weight is 250 g/mol. The Morgan fingerprint density at radius 1 is 1.47 bits per heavy atom. The van der Waals surface area contributed by atoms with Crippen molar-refractivity contribution >= 4 is 17.5 Å². The summed E-state index contributed by atoms with van der Waals surface area (Å²) >= 11 is 5.86. The van der Waals surface area contributed by atoms with Gasteiger partial charge in [-0.25, -0.2) is 0 Å². The van der Waals surface area contributed by atoms with Gasteiger partial charge in [0.05, 0.1) is 12.5 Å². The van der Waals surface area contributed by atoms with Crippen molar-refractivity contribution in [1.29, 1.82) is 0 Å². The Hall–Kier alpha value is -1.32. The van der Waals surface area contributed by atoms with Crippen LogP contribution in [0, 0.1) is 5.92 Å². The molecule has 2 unspecified atom stereocenters. The van der Waals surface area contributed by atoms with Crippen molar-refractivity contribution in [2.45, 2.75) is 11.8 Å². The van der Waals surface area contributed by atoms with Gasteiger partial charge < -0.3 is 0 Å². The van der Waals surface area contributed by atoms with Gasteiger partial charge in [-0.15, -0.1) is 0 Å². The monoisotopic (exact) mass is 249 g/mol. The lowest BCUT2D eigenvalue weighted by molar-refractivity contribution is -0.164. The summed E-state index contributed by atoms with van der Waals surface area (Å²) < 4.78 is 0. The summed E-state index contributed by atoms with van der Waals surface area (Å²) in [5.41, 5.74) is 1.31. The molecule has 1 amide bonds. The number of allylic oxidation sites excluding steroid dienone is 1. The number of amides is 1. The molecule has 0 spiro atoms. The summed E-state index contributed by atoms with van der Waals surface area (Å²) in [6.07, 6.45) is 0.826. The second-order valence-electron chi connectivity index (χ2n) is 4.51. The Kier molecular flexibility index (Phi) is 2.12. The fraction of sp³-hybridized carbons (Fsp3) is 0.308. The normalized spacial score (nSPS) is 30.7. The van der Waals surface area contributed by atoms with Gasteiger partial charge in [-0.05, 0) is 24.1 Å². The third-order valence-electron chi connectivity index (χ3n) is 3.73. The zero-order chi connectivity index (χ0) is 12.2. The topological polar surface area (TPSA) is 29.5 Å². The Bertz CT molecular complexity index is 511. The maximum atomic E-state index is 12.3. The van der Waals surface area contributed by atoms with Crippen LogP contribution in [0.15, 0.2) is 36.5 Å². The minimum atomic E-state index is -0.447. The van der Waals surface area contributed by atoms with Crippen LogP contribution in [-0.4, -0.2) is 18.1 Å². The minimum Gasteiger partial charge on any atom is -0.271 e. The molecule has 1 heterocycles. The van der Waals surface area contributed by atoms with E-state index in [1.807, 2.05) is 24.3 Å². The summed E-state index contributed by atoms with van der Waals surface area (Å²) in [7, 11) is 1.49. The molecule has 2 atom stereocenters. The molecule has 1 aromatic rings. The molecule has 2 fully saturated rings. The molecular weight excluding hydrogens is 238 g/mol. The molecule has 0 bridgehead atoms. The molecule has 1 saturated heterocycles. The van der Waals surface area contributed by atoms with Crippen molar-refractivity contribution < 1.29 is 9.63 Å². The van der Waals surface area contributed by atoms with Gasteiger partial charge in [0.1, 0.15) is 0 Å². The zero-order valence-electron chi connectivity index (χ0n) is 9.44. The van der Waals surface area contributed by atoms with Crippen molar-refractivity contribution in [2.24, 2.45) is 5.92 Å². The highest BCUT2D eigenvalue weighted by Crippen LogP contribution is 2.64. The predicted molar refractivity (Wildman–Crippen MR) is 64.2 cm³/mol. The van der Waals surface area contributed by atoms with Crippen molar-refractivity contribution in [3.63, 3.8) is 0 Å². The molecule has 1 saturated carbocycles. The van der Waals surface area contributed by atoms with E-state index in [1.165, 1.54) is 12.2 Å².